The van der Waals surface area contributed by atoms with Crippen molar-refractivity contribution in [2.45, 2.75) is 33.2 Å². The largest absolute Gasteiger partial charge is 0.329 e. The summed E-state index contributed by atoms with van der Waals surface area (Å²) in [4.78, 5) is 13.2. The molecule has 0 radical (unpaired) electrons. The number of hydrogen-bond donors (Lipinski definition) is 0. The molecule has 0 bridgehead atoms. The lowest BCUT2D eigenvalue weighted by molar-refractivity contribution is -0.134. The Labute approximate surface area is 73.9 Å². The van der Waals surface area contributed by atoms with Gasteiger partial charge < -0.3 is 4.90 Å². The third-order valence-electron chi connectivity index (χ3n) is 2.33. The van der Waals surface area contributed by atoms with E-state index < -0.39 is 0 Å². The highest BCUT2D eigenvalue weighted by atomic mass is 16.2. The Morgan fingerprint density at radius 2 is 2.25 bits per heavy atom. The van der Waals surface area contributed by atoms with Crippen molar-refractivity contribution >= 4 is 5.91 Å². The molecular weight excluding hydrogens is 150 g/mol. The third-order valence-corrected chi connectivity index (χ3v) is 2.33. The van der Waals surface area contributed by atoms with E-state index in [2.05, 4.69) is 25.7 Å². The van der Waals surface area contributed by atoms with Gasteiger partial charge in [-0.2, -0.15) is 0 Å². The summed E-state index contributed by atoms with van der Waals surface area (Å²) in [6.45, 7) is 6.87. The zero-order chi connectivity index (χ0) is 9.14. The second kappa shape index (κ2) is 3.62. The molecule has 0 N–H and O–H groups in total. The molecule has 1 amide bonds. The van der Waals surface area contributed by atoms with Gasteiger partial charge in [0.1, 0.15) is 0 Å². The average Bonchev–Trinajstić information content (AvgIpc) is 1.82. The van der Waals surface area contributed by atoms with Crippen molar-refractivity contribution in [1.82, 2.24) is 4.90 Å². The molecule has 1 atom stereocenters. The third kappa shape index (κ3) is 1.61. The Kier molecular flexibility index (Phi) is 2.75. The lowest BCUT2D eigenvalue weighted by Crippen LogP contribution is -2.53. The number of rotatable bonds is 1. The Hall–Kier alpha value is -0.970. The van der Waals surface area contributed by atoms with Crippen LogP contribution in [-0.2, 0) is 4.79 Å². The normalized spacial score (nSPS) is 21.3. The number of carbonyl (C=O) groups is 1. The maximum absolute atomic E-state index is 11.3. The van der Waals surface area contributed by atoms with E-state index in [9.17, 15) is 4.79 Å². The minimum absolute atomic E-state index is 0.0116. The summed E-state index contributed by atoms with van der Waals surface area (Å²) in [6.07, 6.45) is 1.13. The zero-order valence-corrected chi connectivity index (χ0v) is 7.92. The van der Waals surface area contributed by atoms with Gasteiger partial charge in [0.25, 0.3) is 5.91 Å². The fourth-order valence-electron chi connectivity index (χ4n) is 1.53. The molecule has 1 heterocycles. The summed E-state index contributed by atoms with van der Waals surface area (Å²) in [7, 11) is 0. The van der Waals surface area contributed by atoms with Crippen LogP contribution >= 0.6 is 0 Å². The molecule has 2 heteroatoms. The van der Waals surface area contributed by atoms with Crippen LogP contribution < -0.4 is 0 Å². The molecule has 1 saturated heterocycles. The minimum atomic E-state index is -0.0116. The molecule has 1 aliphatic heterocycles. The van der Waals surface area contributed by atoms with E-state index in [1.807, 2.05) is 4.90 Å². The van der Waals surface area contributed by atoms with Crippen LogP contribution in [-0.4, -0.2) is 23.4 Å². The van der Waals surface area contributed by atoms with Crippen LogP contribution in [0.4, 0.5) is 0 Å². The number of likely N-dealkylation sites (tertiary alicyclic amines) is 1. The van der Waals surface area contributed by atoms with Crippen LogP contribution in [0.5, 0.6) is 0 Å². The molecule has 0 aromatic rings. The Bertz CT molecular complexity index is 234. The number of amides is 1. The predicted octanol–water partition coefficient (Wildman–Crippen LogP) is 1.27. The summed E-state index contributed by atoms with van der Waals surface area (Å²) in [6, 6.07) is 0.429. The topological polar surface area (TPSA) is 20.3 Å². The van der Waals surface area contributed by atoms with Gasteiger partial charge in [-0.05, 0) is 25.2 Å². The minimum Gasteiger partial charge on any atom is -0.329 e. The van der Waals surface area contributed by atoms with Gasteiger partial charge in [0.2, 0.25) is 0 Å². The second-order valence-corrected chi connectivity index (χ2v) is 3.47. The van der Waals surface area contributed by atoms with Crippen LogP contribution in [0, 0.1) is 17.8 Å². The summed E-state index contributed by atoms with van der Waals surface area (Å²) in [5.74, 6) is 5.75. The van der Waals surface area contributed by atoms with Crippen molar-refractivity contribution in [2.75, 3.05) is 6.54 Å². The van der Waals surface area contributed by atoms with Crippen molar-refractivity contribution < 1.29 is 4.79 Å². The highest BCUT2D eigenvalue weighted by Gasteiger charge is 2.33. The molecule has 1 fully saturated rings. The summed E-state index contributed by atoms with van der Waals surface area (Å²) in [5.41, 5.74) is 0. The first kappa shape index (κ1) is 9.12. The first-order valence-corrected chi connectivity index (χ1v) is 4.40. The second-order valence-electron chi connectivity index (χ2n) is 3.47. The van der Waals surface area contributed by atoms with Gasteiger partial charge in [-0.15, -0.1) is 0 Å². The molecule has 1 rings (SSSR count). The maximum atomic E-state index is 11.3. The average molecular weight is 165 g/mol. The van der Waals surface area contributed by atoms with Gasteiger partial charge in [-0.25, -0.2) is 0 Å². The quantitative estimate of drug-likeness (QED) is 0.536. The van der Waals surface area contributed by atoms with E-state index in [-0.39, 0.29) is 5.91 Å². The molecule has 0 aromatic carbocycles. The van der Waals surface area contributed by atoms with E-state index in [1.54, 1.807) is 6.92 Å². The van der Waals surface area contributed by atoms with Gasteiger partial charge in [-0.1, -0.05) is 19.8 Å². The number of nitrogens with zero attached hydrogens (tertiary/aromatic N) is 1. The molecule has 66 valence electrons. The predicted molar refractivity (Wildman–Crippen MR) is 48.4 cm³/mol. The van der Waals surface area contributed by atoms with Crippen molar-refractivity contribution in [2.24, 2.45) is 5.92 Å². The van der Waals surface area contributed by atoms with Gasteiger partial charge in [0.15, 0.2) is 0 Å². The van der Waals surface area contributed by atoms with E-state index in [0.29, 0.717) is 12.0 Å². The van der Waals surface area contributed by atoms with Crippen molar-refractivity contribution in [3.05, 3.63) is 0 Å². The highest BCUT2D eigenvalue weighted by molar-refractivity contribution is 5.94. The van der Waals surface area contributed by atoms with Crippen LogP contribution in [0.3, 0.4) is 0 Å². The molecule has 0 aliphatic carbocycles. The van der Waals surface area contributed by atoms with E-state index in [4.69, 9.17) is 0 Å². The van der Waals surface area contributed by atoms with Gasteiger partial charge in [0.05, 0.1) is 0 Å². The van der Waals surface area contributed by atoms with Crippen molar-refractivity contribution in [1.29, 1.82) is 0 Å². The Morgan fingerprint density at radius 3 is 2.58 bits per heavy atom. The molecule has 0 saturated carbocycles. The smallest absolute Gasteiger partial charge is 0.298 e. The van der Waals surface area contributed by atoms with E-state index >= 15 is 0 Å². The zero-order valence-electron chi connectivity index (χ0n) is 7.92. The van der Waals surface area contributed by atoms with Crippen molar-refractivity contribution in [3.63, 3.8) is 0 Å². The monoisotopic (exact) mass is 165 g/mol. The maximum Gasteiger partial charge on any atom is 0.298 e. The summed E-state index contributed by atoms with van der Waals surface area (Å²) >= 11 is 0. The van der Waals surface area contributed by atoms with Gasteiger partial charge in [0, 0.05) is 12.6 Å². The van der Waals surface area contributed by atoms with E-state index in [1.165, 1.54) is 0 Å². The standard InChI is InChI=1S/C10H15NO/c1-4-5-10(12)11-7-6-9(11)8(2)3/h8-9H,6-7H2,1-3H3. The number of hydrogen-bond acceptors (Lipinski definition) is 1. The summed E-state index contributed by atoms with van der Waals surface area (Å²) in [5, 5.41) is 0. The fourth-order valence-corrected chi connectivity index (χ4v) is 1.53. The molecule has 12 heavy (non-hydrogen) atoms. The molecule has 1 unspecified atom stereocenters. The van der Waals surface area contributed by atoms with Crippen LogP contribution in [0.1, 0.15) is 27.2 Å². The Morgan fingerprint density at radius 1 is 1.58 bits per heavy atom. The van der Waals surface area contributed by atoms with E-state index in [0.717, 1.165) is 13.0 Å². The molecule has 0 spiro atoms. The highest BCUT2D eigenvalue weighted by Crippen LogP contribution is 2.23. The molecule has 1 aliphatic rings. The Balaban J connectivity index is 2.52. The fraction of sp³-hybridized carbons (Fsp3) is 0.700. The lowest BCUT2D eigenvalue weighted by atomic mass is 9.92. The SMILES string of the molecule is CC#CC(=O)N1CCC1C(C)C. The number of carbonyl (C=O) groups excluding carboxylic acids is 1. The van der Waals surface area contributed by atoms with Crippen LogP contribution in [0.25, 0.3) is 0 Å². The summed E-state index contributed by atoms with van der Waals surface area (Å²) < 4.78 is 0. The molecule has 2 nitrogen and oxygen atoms in total. The van der Waals surface area contributed by atoms with Crippen LogP contribution in [0.2, 0.25) is 0 Å². The lowest BCUT2D eigenvalue weighted by Gasteiger charge is -2.42. The van der Waals surface area contributed by atoms with Gasteiger partial charge in [-0.3, -0.25) is 4.79 Å². The van der Waals surface area contributed by atoms with Gasteiger partial charge >= 0.3 is 0 Å². The molecular formula is C10H15NO. The van der Waals surface area contributed by atoms with Crippen LogP contribution in [0.15, 0.2) is 0 Å². The first-order chi connectivity index (χ1) is 5.66. The van der Waals surface area contributed by atoms with Crippen molar-refractivity contribution in [3.8, 4) is 11.8 Å². The molecule has 0 aromatic heterocycles. The first-order valence-electron chi connectivity index (χ1n) is 4.40.